The van der Waals surface area contributed by atoms with E-state index < -0.39 is 0 Å². The fourth-order valence-electron chi connectivity index (χ4n) is 2.47. The lowest BCUT2D eigenvalue weighted by Crippen LogP contribution is -2.03. The molecule has 2 nitrogen and oxygen atoms in total. The summed E-state index contributed by atoms with van der Waals surface area (Å²) in [5.74, 6) is 2.21. The molecule has 0 bridgehead atoms. The van der Waals surface area contributed by atoms with Crippen LogP contribution in [0.25, 0.3) is 0 Å². The Hall–Kier alpha value is -1.81. The van der Waals surface area contributed by atoms with E-state index in [2.05, 4.69) is 31.2 Å². The zero-order chi connectivity index (χ0) is 18.1. The highest BCUT2D eigenvalue weighted by molar-refractivity contribution is 7.99. The molecule has 1 saturated carbocycles. The summed E-state index contributed by atoms with van der Waals surface area (Å²) in [6, 6.07) is 16.6. The molecule has 2 atom stereocenters. The third-order valence-corrected chi connectivity index (χ3v) is 5.13. The Balaban J connectivity index is 0.000000269. The van der Waals surface area contributed by atoms with Gasteiger partial charge in [-0.3, -0.25) is 4.79 Å². The maximum atomic E-state index is 11.9. The van der Waals surface area contributed by atoms with E-state index >= 15 is 0 Å². The Morgan fingerprint density at radius 3 is 2.36 bits per heavy atom. The zero-order valence-corrected chi connectivity index (χ0v) is 15.6. The normalized spacial score (nSPS) is 18.0. The van der Waals surface area contributed by atoms with Crippen LogP contribution in [0.3, 0.4) is 0 Å². The van der Waals surface area contributed by atoms with Crippen LogP contribution in [0.2, 0.25) is 0 Å². The van der Waals surface area contributed by atoms with Gasteiger partial charge in [-0.25, -0.2) is 4.39 Å². The Morgan fingerprint density at radius 1 is 1.12 bits per heavy atom. The van der Waals surface area contributed by atoms with E-state index in [1.807, 2.05) is 11.8 Å². The van der Waals surface area contributed by atoms with E-state index in [0.717, 1.165) is 11.7 Å². The van der Waals surface area contributed by atoms with Gasteiger partial charge in [-0.1, -0.05) is 35.9 Å². The molecule has 0 radical (unpaired) electrons. The van der Waals surface area contributed by atoms with Gasteiger partial charge in [-0.05, 0) is 61.6 Å². The molecule has 1 fully saturated rings. The van der Waals surface area contributed by atoms with Crippen molar-refractivity contribution in [3.63, 3.8) is 0 Å². The molecule has 2 aromatic rings. The smallest absolute Gasteiger partial charge is 0.302 e. The lowest BCUT2D eigenvalue weighted by Gasteiger charge is -2.03. The van der Waals surface area contributed by atoms with E-state index in [0.29, 0.717) is 12.5 Å². The summed E-state index contributed by atoms with van der Waals surface area (Å²) in [6.07, 6.45) is 2.45. The number of ether oxygens (including phenoxy) is 1. The first-order valence-electron chi connectivity index (χ1n) is 8.58. The van der Waals surface area contributed by atoms with E-state index in [4.69, 9.17) is 4.74 Å². The first-order valence-corrected chi connectivity index (χ1v) is 9.56. The van der Waals surface area contributed by atoms with E-state index in [1.165, 1.54) is 42.4 Å². The van der Waals surface area contributed by atoms with Crippen LogP contribution < -0.4 is 0 Å². The lowest BCUT2D eigenvalue weighted by molar-refractivity contribution is -0.141. The molecule has 1 aliphatic rings. The highest BCUT2D eigenvalue weighted by Crippen LogP contribution is 2.42. The number of carbonyl (C=O) groups is 1. The number of aryl methyl sites for hydroxylation is 1. The number of hydrogen-bond acceptors (Lipinski definition) is 3. The molecule has 0 N–H and O–H groups in total. The van der Waals surface area contributed by atoms with Crippen LogP contribution in [0.15, 0.2) is 59.5 Å². The summed E-state index contributed by atoms with van der Waals surface area (Å²) in [5, 5.41) is 0. The average Bonchev–Trinajstić information content (AvgIpc) is 3.35. The van der Waals surface area contributed by atoms with E-state index in [9.17, 15) is 9.18 Å². The molecule has 0 saturated heterocycles. The number of rotatable bonds is 6. The molecule has 25 heavy (non-hydrogen) atoms. The molecule has 0 amide bonds. The molecule has 1 aliphatic carbocycles. The van der Waals surface area contributed by atoms with Gasteiger partial charge in [-0.15, -0.1) is 11.8 Å². The van der Waals surface area contributed by atoms with Crippen LogP contribution in [0.5, 0.6) is 0 Å². The van der Waals surface area contributed by atoms with Crippen molar-refractivity contribution in [1.29, 1.82) is 0 Å². The third-order valence-electron chi connectivity index (χ3n) is 4.08. The number of carbonyl (C=O) groups excluding carboxylic acids is 1. The quantitative estimate of drug-likeness (QED) is 0.502. The van der Waals surface area contributed by atoms with Crippen LogP contribution in [-0.2, 0) is 9.53 Å². The monoisotopic (exact) mass is 360 g/mol. The molecule has 0 aromatic heterocycles. The fraction of sp³-hybridized carbons (Fsp3) is 0.381. The first kappa shape index (κ1) is 19.5. The highest BCUT2D eigenvalue weighted by Gasteiger charge is 2.37. The van der Waals surface area contributed by atoms with Crippen molar-refractivity contribution >= 4 is 17.7 Å². The number of esters is 1. The fourth-order valence-corrected chi connectivity index (χ4v) is 3.45. The average molecular weight is 360 g/mol. The van der Waals surface area contributed by atoms with Crippen LogP contribution in [0.4, 0.5) is 4.39 Å². The van der Waals surface area contributed by atoms with Crippen LogP contribution in [0.1, 0.15) is 25.3 Å². The van der Waals surface area contributed by atoms with Crippen LogP contribution >= 0.6 is 11.8 Å². The molecular formula is C21H25FO2S. The lowest BCUT2D eigenvalue weighted by atomic mass is 10.2. The number of halogens is 1. The third kappa shape index (κ3) is 8.21. The second-order valence-corrected chi connectivity index (χ2v) is 7.47. The first-order chi connectivity index (χ1) is 12.0. The topological polar surface area (TPSA) is 26.3 Å². The van der Waals surface area contributed by atoms with Crippen molar-refractivity contribution in [3.05, 3.63) is 66.0 Å². The summed E-state index contributed by atoms with van der Waals surface area (Å²) >= 11 is 1.92. The van der Waals surface area contributed by atoms with Gasteiger partial charge in [0.15, 0.2) is 0 Å². The zero-order valence-electron chi connectivity index (χ0n) is 14.8. The minimum Gasteiger partial charge on any atom is -0.466 e. The summed E-state index contributed by atoms with van der Waals surface area (Å²) in [7, 11) is 0. The summed E-state index contributed by atoms with van der Waals surface area (Å²) < 4.78 is 16.9. The predicted octanol–water partition coefficient (Wildman–Crippen LogP) is 5.50. The molecule has 0 heterocycles. The van der Waals surface area contributed by atoms with Gasteiger partial charge in [-0.2, -0.15) is 0 Å². The molecule has 4 heteroatoms. The Morgan fingerprint density at radius 2 is 1.80 bits per heavy atom. The van der Waals surface area contributed by atoms with Gasteiger partial charge >= 0.3 is 5.97 Å². The van der Waals surface area contributed by atoms with Gasteiger partial charge in [0.1, 0.15) is 5.82 Å². The van der Waals surface area contributed by atoms with Crippen molar-refractivity contribution in [2.45, 2.75) is 31.6 Å². The molecule has 0 spiro atoms. The SMILES string of the molecule is CC(=O)OCC1CC1CCSc1ccc(C)cc1.Fc1ccccc1. The van der Waals surface area contributed by atoms with Gasteiger partial charge in [0.25, 0.3) is 0 Å². The standard InChI is InChI=1S/C15H20O2S.C6H5F/c1-11-3-5-15(6-4-11)18-8-7-13-9-14(13)10-17-12(2)16;7-6-4-2-1-3-5-6/h3-6,13-14H,7-10H2,1-2H3;1-5H. The minimum atomic E-state index is -0.178. The van der Waals surface area contributed by atoms with Crippen LogP contribution in [-0.4, -0.2) is 18.3 Å². The molecule has 2 unspecified atom stereocenters. The van der Waals surface area contributed by atoms with Gasteiger partial charge in [0.05, 0.1) is 6.61 Å². The van der Waals surface area contributed by atoms with Gasteiger partial charge < -0.3 is 4.74 Å². The number of thioether (sulfide) groups is 1. The Labute approximate surface area is 153 Å². The highest BCUT2D eigenvalue weighted by atomic mass is 32.2. The second-order valence-electron chi connectivity index (χ2n) is 6.30. The second kappa shape index (κ2) is 10.2. The van der Waals surface area contributed by atoms with Crippen molar-refractivity contribution in [3.8, 4) is 0 Å². The summed E-state index contributed by atoms with van der Waals surface area (Å²) in [6.45, 7) is 4.21. The Bertz CT molecular complexity index is 643. The van der Waals surface area contributed by atoms with Crippen molar-refractivity contribution in [2.75, 3.05) is 12.4 Å². The molecule has 0 aliphatic heterocycles. The maximum absolute atomic E-state index is 11.9. The van der Waals surface area contributed by atoms with Crippen LogP contribution in [0, 0.1) is 24.6 Å². The maximum Gasteiger partial charge on any atom is 0.302 e. The molecule has 3 rings (SSSR count). The predicted molar refractivity (Wildman–Crippen MR) is 101 cm³/mol. The Kier molecular flexibility index (Phi) is 7.99. The van der Waals surface area contributed by atoms with Crippen molar-refractivity contribution < 1.29 is 13.9 Å². The summed E-state index contributed by atoms with van der Waals surface area (Å²) in [5.41, 5.74) is 1.31. The summed E-state index contributed by atoms with van der Waals surface area (Å²) in [4.78, 5) is 12.0. The largest absolute Gasteiger partial charge is 0.466 e. The minimum absolute atomic E-state index is 0.158. The molecule has 2 aromatic carbocycles. The molecule has 134 valence electrons. The van der Waals surface area contributed by atoms with Crippen molar-refractivity contribution in [2.24, 2.45) is 11.8 Å². The van der Waals surface area contributed by atoms with Gasteiger partial charge in [0.2, 0.25) is 0 Å². The van der Waals surface area contributed by atoms with Gasteiger partial charge in [0, 0.05) is 11.8 Å². The van der Waals surface area contributed by atoms with E-state index in [1.54, 1.807) is 18.2 Å². The van der Waals surface area contributed by atoms with Crippen molar-refractivity contribution in [1.82, 2.24) is 0 Å². The number of hydrogen-bond donors (Lipinski definition) is 0. The number of benzene rings is 2. The molecular weight excluding hydrogens is 335 g/mol. The van der Waals surface area contributed by atoms with E-state index in [-0.39, 0.29) is 11.8 Å².